The van der Waals surface area contributed by atoms with Gasteiger partial charge in [-0.2, -0.15) is 5.10 Å². The van der Waals surface area contributed by atoms with Gasteiger partial charge in [0, 0.05) is 11.5 Å². The first-order chi connectivity index (χ1) is 12.4. The molecule has 0 amide bonds. The molecule has 25 heavy (non-hydrogen) atoms. The number of allylic oxidation sites excluding steroid dienone is 6. The Morgan fingerprint density at radius 1 is 1.16 bits per heavy atom. The van der Waals surface area contributed by atoms with Crippen molar-refractivity contribution < 1.29 is 0 Å². The van der Waals surface area contributed by atoms with Crippen LogP contribution >= 0.6 is 0 Å². The average molecular weight is 329 g/mol. The zero-order valence-electron chi connectivity index (χ0n) is 14.3. The molecular weight excluding hydrogens is 307 g/mol. The third kappa shape index (κ3) is 3.99. The summed E-state index contributed by atoms with van der Waals surface area (Å²) < 4.78 is 0. The molecule has 0 bridgehead atoms. The maximum Gasteiger partial charge on any atom is 0.247 e. The van der Waals surface area contributed by atoms with Crippen LogP contribution in [-0.4, -0.2) is 40.5 Å². The minimum absolute atomic E-state index is 0.404. The fraction of sp³-hybridized carbons (Fsp3) is 0.300. The summed E-state index contributed by atoms with van der Waals surface area (Å²) in [7, 11) is 2.25. The monoisotopic (exact) mass is 329 g/mol. The summed E-state index contributed by atoms with van der Waals surface area (Å²) in [4.78, 5) is 7.18. The van der Waals surface area contributed by atoms with Gasteiger partial charge in [-0.1, -0.05) is 66.2 Å². The average Bonchev–Trinajstić information content (AvgIpc) is 2.99. The zero-order valence-corrected chi connectivity index (χ0v) is 14.3. The van der Waals surface area contributed by atoms with E-state index in [0.717, 1.165) is 43.2 Å². The maximum absolute atomic E-state index is 4.78. The molecule has 2 aliphatic rings. The lowest BCUT2D eigenvalue weighted by Gasteiger charge is -2.31. The van der Waals surface area contributed by atoms with Crippen LogP contribution in [0.2, 0.25) is 0 Å². The molecular formula is C20H22BN4. The van der Waals surface area contributed by atoms with E-state index in [1.807, 2.05) is 0 Å². The number of nitrogens with one attached hydrogen (secondary N) is 1. The van der Waals surface area contributed by atoms with Gasteiger partial charge in [-0.3, -0.25) is 5.10 Å². The summed E-state index contributed by atoms with van der Waals surface area (Å²) in [5.41, 5.74) is 2.32. The summed E-state index contributed by atoms with van der Waals surface area (Å²) in [6.45, 7) is 2.09. The maximum atomic E-state index is 4.78. The Labute approximate surface area is 149 Å². The first kappa shape index (κ1) is 16.1. The molecule has 2 aromatic rings. The van der Waals surface area contributed by atoms with Crippen LogP contribution in [0, 0.1) is 0 Å². The van der Waals surface area contributed by atoms with Crippen LogP contribution < -0.4 is 5.46 Å². The summed E-state index contributed by atoms with van der Waals surface area (Å²) >= 11 is 0. The number of piperidine rings is 1. The van der Waals surface area contributed by atoms with Crippen molar-refractivity contribution in [1.29, 1.82) is 0 Å². The van der Waals surface area contributed by atoms with E-state index in [4.69, 9.17) is 4.98 Å². The van der Waals surface area contributed by atoms with Gasteiger partial charge in [0.05, 0.1) is 0 Å². The molecule has 0 spiro atoms. The van der Waals surface area contributed by atoms with Gasteiger partial charge in [0.1, 0.15) is 5.82 Å². The van der Waals surface area contributed by atoms with Crippen LogP contribution in [0.5, 0.6) is 0 Å². The van der Waals surface area contributed by atoms with Gasteiger partial charge >= 0.3 is 0 Å². The summed E-state index contributed by atoms with van der Waals surface area (Å²) in [5.74, 6) is 2.20. The zero-order chi connectivity index (χ0) is 16.9. The number of aromatic amines is 1. The summed E-state index contributed by atoms with van der Waals surface area (Å²) in [6.07, 6.45) is 13.8. The number of hydrogen-bond acceptors (Lipinski definition) is 3. The molecule has 1 unspecified atom stereocenters. The van der Waals surface area contributed by atoms with Gasteiger partial charge in [-0.05, 0) is 32.4 Å². The Morgan fingerprint density at radius 3 is 3.00 bits per heavy atom. The molecule has 4 nitrogen and oxygen atoms in total. The molecule has 2 heterocycles. The Bertz CT molecular complexity index is 791. The van der Waals surface area contributed by atoms with E-state index in [1.54, 1.807) is 0 Å². The molecule has 1 aliphatic carbocycles. The molecule has 1 N–H and O–H groups in total. The third-order valence-corrected chi connectivity index (χ3v) is 4.71. The fourth-order valence-corrected chi connectivity index (χ4v) is 3.41. The molecule has 1 fully saturated rings. The molecule has 4 rings (SSSR count). The number of rotatable bonds is 4. The second kappa shape index (κ2) is 7.66. The van der Waals surface area contributed by atoms with Crippen molar-refractivity contribution in [1.82, 2.24) is 20.0 Å². The van der Waals surface area contributed by atoms with E-state index in [1.165, 1.54) is 11.9 Å². The van der Waals surface area contributed by atoms with Crippen molar-refractivity contribution in [2.75, 3.05) is 13.1 Å². The third-order valence-electron chi connectivity index (χ3n) is 4.71. The molecule has 1 aromatic heterocycles. The van der Waals surface area contributed by atoms with E-state index >= 15 is 0 Å². The van der Waals surface area contributed by atoms with Crippen molar-refractivity contribution >= 4 is 18.5 Å². The van der Waals surface area contributed by atoms with Crippen molar-refractivity contribution in [3.63, 3.8) is 0 Å². The summed E-state index contributed by atoms with van der Waals surface area (Å²) in [5, 5.41) is 7.62. The minimum Gasteiger partial charge on any atom is -0.342 e. The number of benzene rings is 1. The largest absolute Gasteiger partial charge is 0.342 e. The van der Waals surface area contributed by atoms with Gasteiger partial charge in [-0.15, -0.1) is 0 Å². The van der Waals surface area contributed by atoms with Crippen LogP contribution in [-0.2, 0) is 0 Å². The SMILES string of the molecule is [B](c1ccccc1)N1CCCC(c2nc(C3=CC=CCC=C3)n[nH]2)C1. The van der Waals surface area contributed by atoms with Crippen molar-refractivity contribution in [2.45, 2.75) is 25.2 Å². The van der Waals surface area contributed by atoms with Crippen molar-refractivity contribution in [3.05, 3.63) is 72.4 Å². The van der Waals surface area contributed by atoms with Gasteiger partial charge in [-0.25, -0.2) is 4.98 Å². The standard InChI is InChI=1S/C20H22BN4/c1-2-5-10-16(9-4-1)19-22-20(24-23-19)17-11-8-14-25(15-17)21-18-12-6-3-7-13-18/h1,3-7,9-10,12-13,17H,2,8,11,14-15H2,(H,22,23,24). The Hall–Kier alpha value is -2.40. The lowest BCUT2D eigenvalue weighted by Crippen LogP contribution is -2.42. The quantitative estimate of drug-likeness (QED) is 0.878. The van der Waals surface area contributed by atoms with E-state index < -0.39 is 0 Å². The molecule has 1 radical (unpaired) electrons. The molecule has 125 valence electrons. The van der Waals surface area contributed by atoms with E-state index in [0.29, 0.717) is 5.92 Å². The topological polar surface area (TPSA) is 44.8 Å². The number of H-pyrrole nitrogens is 1. The lowest BCUT2D eigenvalue weighted by atomic mass is 9.77. The first-order valence-electron chi connectivity index (χ1n) is 8.98. The second-order valence-electron chi connectivity index (χ2n) is 6.61. The van der Waals surface area contributed by atoms with E-state index in [9.17, 15) is 0 Å². The molecule has 0 saturated carbocycles. The van der Waals surface area contributed by atoms with E-state index in [2.05, 4.69) is 83.1 Å². The van der Waals surface area contributed by atoms with Crippen LogP contribution in [0.15, 0.2) is 60.7 Å². The predicted molar refractivity (Wildman–Crippen MR) is 103 cm³/mol. The van der Waals surface area contributed by atoms with Crippen molar-refractivity contribution in [3.8, 4) is 0 Å². The van der Waals surface area contributed by atoms with Gasteiger partial charge < -0.3 is 4.81 Å². The number of nitrogens with zero attached hydrogens (tertiary/aromatic N) is 3. The summed E-state index contributed by atoms with van der Waals surface area (Å²) in [6, 6.07) is 10.5. The van der Waals surface area contributed by atoms with Gasteiger partial charge in [0.2, 0.25) is 7.41 Å². The molecule has 1 aromatic carbocycles. The highest BCUT2D eigenvalue weighted by Gasteiger charge is 2.24. The fourth-order valence-electron chi connectivity index (χ4n) is 3.41. The molecule has 5 heteroatoms. The van der Waals surface area contributed by atoms with Gasteiger partial charge in [0.15, 0.2) is 5.82 Å². The highest BCUT2D eigenvalue weighted by atomic mass is 15.2. The highest BCUT2D eigenvalue weighted by molar-refractivity contribution is 6.50. The molecule has 1 saturated heterocycles. The number of hydrogen-bond donors (Lipinski definition) is 1. The van der Waals surface area contributed by atoms with Crippen LogP contribution in [0.3, 0.4) is 0 Å². The molecule has 1 atom stereocenters. The smallest absolute Gasteiger partial charge is 0.247 e. The lowest BCUT2D eigenvalue weighted by molar-refractivity contribution is 0.320. The van der Waals surface area contributed by atoms with Crippen molar-refractivity contribution in [2.24, 2.45) is 0 Å². The first-order valence-corrected chi connectivity index (χ1v) is 8.98. The highest BCUT2D eigenvalue weighted by Crippen LogP contribution is 2.25. The second-order valence-corrected chi connectivity index (χ2v) is 6.61. The van der Waals surface area contributed by atoms with Crippen LogP contribution in [0.1, 0.15) is 36.8 Å². The number of aromatic nitrogens is 3. The minimum atomic E-state index is 0.404. The predicted octanol–water partition coefficient (Wildman–Crippen LogP) is 2.83. The van der Waals surface area contributed by atoms with Crippen LogP contribution in [0.4, 0.5) is 0 Å². The van der Waals surface area contributed by atoms with Crippen LogP contribution in [0.25, 0.3) is 5.57 Å². The Morgan fingerprint density at radius 2 is 2.08 bits per heavy atom. The molecule has 1 aliphatic heterocycles. The van der Waals surface area contributed by atoms with E-state index in [-0.39, 0.29) is 0 Å². The normalized spacial score (nSPS) is 21.0. The Balaban J connectivity index is 1.45. The Kier molecular flexibility index (Phi) is 4.93. The van der Waals surface area contributed by atoms with Gasteiger partial charge in [0.25, 0.3) is 0 Å².